The highest BCUT2D eigenvalue weighted by Gasteiger charge is 2.24. The van der Waals surface area contributed by atoms with Gasteiger partial charge in [0.2, 0.25) is 0 Å². The van der Waals surface area contributed by atoms with Crippen molar-refractivity contribution in [2.45, 2.75) is 38.6 Å². The summed E-state index contributed by atoms with van der Waals surface area (Å²) in [7, 11) is 1.33. The van der Waals surface area contributed by atoms with Gasteiger partial charge in [0.05, 0.1) is 18.4 Å². The fourth-order valence-corrected chi connectivity index (χ4v) is 2.72. The zero-order valence-electron chi connectivity index (χ0n) is 11.4. The molecule has 0 heterocycles. The topological polar surface area (TPSA) is 38.3 Å². The predicted octanol–water partition coefficient (Wildman–Crippen LogP) is 3.60. The van der Waals surface area contributed by atoms with Crippen LogP contribution in [0.2, 0.25) is 0 Å². The molecular weight excluding hydrogens is 245 g/mol. The number of benzene rings is 1. The molecule has 1 N–H and O–H groups in total. The van der Waals surface area contributed by atoms with Gasteiger partial charge in [-0.3, -0.25) is 0 Å². The molecule has 1 aromatic carbocycles. The lowest BCUT2D eigenvalue weighted by molar-refractivity contribution is 0.0601. The minimum absolute atomic E-state index is 0.315. The summed E-state index contributed by atoms with van der Waals surface area (Å²) >= 11 is 0. The largest absolute Gasteiger partial charge is 0.465 e. The van der Waals surface area contributed by atoms with Gasteiger partial charge in [0, 0.05) is 6.04 Å². The second-order valence-corrected chi connectivity index (χ2v) is 5.11. The average molecular weight is 265 g/mol. The molecule has 3 nitrogen and oxygen atoms in total. The molecule has 0 aliphatic heterocycles. The molecule has 2 rings (SSSR count). The number of anilines is 1. The Balaban J connectivity index is 2.14. The second-order valence-electron chi connectivity index (χ2n) is 5.11. The standard InChI is InChI=1S/C15H20FNO2/c1-3-10-4-6-12(8-10)17-14-9-11(16)5-7-13(14)15(18)19-2/h5,7,9-10,12,17H,3-4,6,8H2,1-2H3. The van der Waals surface area contributed by atoms with Crippen molar-refractivity contribution < 1.29 is 13.9 Å². The van der Waals surface area contributed by atoms with Crippen LogP contribution in [0.25, 0.3) is 0 Å². The van der Waals surface area contributed by atoms with E-state index < -0.39 is 5.97 Å². The van der Waals surface area contributed by atoms with Crippen LogP contribution in [0, 0.1) is 11.7 Å². The lowest BCUT2D eigenvalue weighted by Crippen LogP contribution is -2.18. The van der Waals surface area contributed by atoms with Gasteiger partial charge in [0.1, 0.15) is 5.82 Å². The van der Waals surface area contributed by atoms with Gasteiger partial charge in [0.15, 0.2) is 0 Å². The number of ether oxygens (including phenoxy) is 1. The van der Waals surface area contributed by atoms with Crippen molar-refractivity contribution in [1.29, 1.82) is 0 Å². The summed E-state index contributed by atoms with van der Waals surface area (Å²) in [6.45, 7) is 2.19. The van der Waals surface area contributed by atoms with Gasteiger partial charge in [-0.25, -0.2) is 9.18 Å². The highest BCUT2D eigenvalue weighted by atomic mass is 19.1. The van der Waals surface area contributed by atoms with Gasteiger partial charge >= 0.3 is 5.97 Å². The fourth-order valence-electron chi connectivity index (χ4n) is 2.72. The highest BCUT2D eigenvalue weighted by molar-refractivity contribution is 5.95. The van der Waals surface area contributed by atoms with E-state index in [-0.39, 0.29) is 5.82 Å². The zero-order chi connectivity index (χ0) is 13.8. The van der Waals surface area contributed by atoms with Crippen molar-refractivity contribution in [3.8, 4) is 0 Å². The molecule has 0 saturated heterocycles. The summed E-state index contributed by atoms with van der Waals surface area (Å²) in [4.78, 5) is 11.7. The van der Waals surface area contributed by atoms with Crippen LogP contribution < -0.4 is 5.32 Å². The summed E-state index contributed by atoms with van der Waals surface area (Å²) < 4.78 is 18.1. The van der Waals surface area contributed by atoms with Gasteiger partial charge in [0.25, 0.3) is 0 Å². The molecule has 2 atom stereocenters. The van der Waals surface area contributed by atoms with E-state index in [1.807, 2.05) is 0 Å². The third-order valence-electron chi connectivity index (χ3n) is 3.87. The van der Waals surface area contributed by atoms with Crippen LogP contribution in [0.15, 0.2) is 18.2 Å². The van der Waals surface area contributed by atoms with E-state index >= 15 is 0 Å². The van der Waals surface area contributed by atoms with Crippen molar-refractivity contribution in [2.75, 3.05) is 12.4 Å². The molecule has 0 radical (unpaired) electrons. The number of nitrogens with one attached hydrogen (secondary N) is 1. The van der Waals surface area contributed by atoms with Gasteiger partial charge in [-0.1, -0.05) is 13.3 Å². The molecule has 0 aromatic heterocycles. The molecule has 104 valence electrons. The molecule has 1 aliphatic rings. The van der Waals surface area contributed by atoms with E-state index in [0.29, 0.717) is 17.3 Å². The van der Waals surface area contributed by atoms with Crippen LogP contribution in [-0.4, -0.2) is 19.1 Å². The number of methoxy groups -OCH3 is 1. The SMILES string of the molecule is CCC1CCC(Nc2cc(F)ccc2C(=O)OC)C1. The Bertz CT molecular complexity index is 461. The van der Waals surface area contributed by atoms with Crippen LogP contribution in [0.1, 0.15) is 43.0 Å². The van der Waals surface area contributed by atoms with Crippen molar-refractivity contribution >= 4 is 11.7 Å². The molecule has 1 aromatic rings. The number of hydrogen-bond donors (Lipinski definition) is 1. The van der Waals surface area contributed by atoms with Crippen molar-refractivity contribution in [2.24, 2.45) is 5.92 Å². The van der Waals surface area contributed by atoms with Gasteiger partial charge in [-0.15, -0.1) is 0 Å². The normalized spacial score (nSPS) is 22.3. The molecule has 0 spiro atoms. The van der Waals surface area contributed by atoms with E-state index in [4.69, 9.17) is 4.74 Å². The predicted molar refractivity (Wildman–Crippen MR) is 72.8 cm³/mol. The van der Waals surface area contributed by atoms with E-state index in [2.05, 4.69) is 12.2 Å². The number of hydrogen-bond acceptors (Lipinski definition) is 3. The molecule has 2 unspecified atom stereocenters. The highest BCUT2D eigenvalue weighted by Crippen LogP contribution is 2.31. The molecule has 1 fully saturated rings. The summed E-state index contributed by atoms with van der Waals surface area (Å²) in [5, 5.41) is 3.29. The number of carbonyl (C=O) groups excluding carboxylic acids is 1. The average Bonchev–Trinajstić information content (AvgIpc) is 2.86. The van der Waals surface area contributed by atoms with Crippen molar-refractivity contribution in [1.82, 2.24) is 0 Å². The van der Waals surface area contributed by atoms with Gasteiger partial charge in [-0.05, 0) is 43.4 Å². The third-order valence-corrected chi connectivity index (χ3v) is 3.87. The first kappa shape index (κ1) is 13.8. The Morgan fingerprint density at radius 3 is 2.89 bits per heavy atom. The monoisotopic (exact) mass is 265 g/mol. The van der Waals surface area contributed by atoms with Gasteiger partial charge in [-0.2, -0.15) is 0 Å². The van der Waals surface area contributed by atoms with Crippen molar-refractivity contribution in [3.05, 3.63) is 29.6 Å². The summed E-state index contributed by atoms with van der Waals surface area (Å²) in [6, 6.07) is 4.43. The maximum atomic E-state index is 13.3. The van der Waals surface area contributed by atoms with Crippen LogP contribution >= 0.6 is 0 Å². The summed E-state index contributed by atoms with van der Waals surface area (Å²) in [6.07, 6.45) is 4.51. The number of carbonyl (C=O) groups is 1. The summed E-state index contributed by atoms with van der Waals surface area (Å²) in [5.74, 6) is -0.0552. The van der Waals surface area contributed by atoms with Crippen LogP contribution in [0.3, 0.4) is 0 Å². The zero-order valence-corrected chi connectivity index (χ0v) is 11.4. The molecule has 1 aliphatic carbocycles. The molecule has 0 amide bonds. The number of rotatable bonds is 4. The first-order valence-corrected chi connectivity index (χ1v) is 6.78. The van der Waals surface area contributed by atoms with Crippen LogP contribution in [0.5, 0.6) is 0 Å². The first-order valence-electron chi connectivity index (χ1n) is 6.78. The minimum Gasteiger partial charge on any atom is -0.465 e. The second kappa shape index (κ2) is 6.04. The number of esters is 1. The maximum Gasteiger partial charge on any atom is 0.339 e. The van der Waals surface area contributed by atoms with E-state index in [1.165, 1.54) is 38.2 Å². The Morgan fingerprint density at radius 2 is 2.26 bits per heavy atom. The van der Waals surface area contributed by atoms with E-state index in [9.17, 15) is 9.18 Å². The molecular formula is C15H20FNO2. The van der Waals surface area contributed by atoms with E-state index in [0.717, 1.165) is 18.8 Å². The number of halogens is 1. The van der Waals surface area contributed by atoms with Crippen molar-refractivity contribution in [3.63, 3.8) is 0 Å². The first-order chi connectivity index (χ1) is 9.13. The summed E-state index contributed by atoms with van der Waals surface area (Å²) in [5.41, 5.74) is 0.928. The molecule has 0 bridgehead atoms. The lowest BCUT2D eigenvalue weighted by atomic mass is 10.1. The minimum atomic E-state index is -0.437. The third kappa shape index (κ3) is 3.25. The maximum absolute atomic E-state index is 13.3. The molecule has 19 heavy (non-hydrogen) atoms. The molecule has 1 saturated carbocycles. The van der Waals surface area contributed by atoms with Crippen LogP contribution in [-0.2, 0) is 4.74 Å². The van der Waals surface area contributed by atoms with E-state index in [1.54, 1.807) is 0 Å². The Kier molecular flexibility index (Phi) is 4.40. The fraction of sp³-hybridized carbons (Fsp3) is 0.533. The smallest absolute Gasteiger partial charge is 0.339 e. The Hall–Kier alpha value is -1.58. The Morgan fingerprint density at radius 1 is 1.47 bits per heavy atom. The molecule has 4 heteroatoms. The van der Waals surface area contributed by atoms with Gasteiger partial charge < -0.3 is 10.1 Å². The quantitative estimate of drug-likeness (QED) is 0.845. The lowest BCUT2D eigenvalue weighted by Gasteiger charge is -2.17. The Labute approximate surface area is 113 Å². The van der Waals surface area contributed by atoms with Crippen LogP contribution in [0.4, 0.5) is 10.1 Å².